The number of benzene rings is 3. The number of likely N-dealkylation sites (N-methyl/N-ethyl adjacent to an activating group) is 1. The van der Waals surface area contributed by atoms with Gasteiger partial charge in [0.25, 0.3) is 0 Å². The molecule has 0 saturated carbocycles. The molecule has 1 amide bonds. The summed E-state index contributed by atoms with van der Waals surface area (Å²) in [6.07, 6.45) is 0.481. The minimum Gasteiger partial charge on any atom is -0.351 e. The Morgan fingerprint density at radius 1 is 0.857 bits per heavy atom. The highest BCUT2D eigenvalue weighted by molar-refractivity contribution is 6.06. The van der Waals surface area contributed by atoms with Gasteiger partial charge in [0.05, 0.1) is 12.1 Å². The van der Waals surface area contributed by atoms with E-state index in [1.165, 1.54) is 24.3 Å². The molecule has 5 rings (SSSR count). The molecule has 0 aromatic heterocycles. The van der Waals surface area contributed by atoms with Crippen molar-refractivity contribution in [3.05, 3.63) is 118 Å². The lowest BCUT2D eigenvalue weighted by Gasteiger charge is -2.28. The molecule has 2 aliphatic rings. The van der Waals surface area contributed by atoms with E-state index < -0.39 is 17.8 Å². The smallest absolute Gasteiger partial charge is 0.351 e. The van der Waals surface area contributed by atoms with Crippen molar-refractivity contribution in [2.24, 2.45) is 5.92 Å². The number of nitrogens with one attached hydrogen (secondary N) is 1. The van der Waals surface area contributed by atoms with Crippen LogP contribution in [-0.4, -0.2) is 54.6 Å². The molecule has 6 nitrogen and oxygen atoms in total. The van der Waals surface area contributed by atoms with Crippen LogP contribution in [0.1, 0.15) is 56.2 Å². The molecule has 3 aromatic carbocycles. The lowest BCUT2D eigenvalue weighted by Crippen LogP contribution is -2.40. The van der Waals surface area contributed by atoms with Crippen molar-refractivity contribution < 1.29 is 32.0 Å². The summed E-state index contributed by atoms with van der Waals surface area (Å²) >= 11 is 0. The molecule has 10 heteroatoms. The number of ketones is 1. The average molecular weight is 678 g/mol. The van der Waals surface area contributed by atoms with Crippen LogP contribution in [0.15, 0.2) is 95.6 Å². The van der Waals surface area contributed by atoms with Crippen molar-refractivity contribution in [1.82, 2.24) is 15.3 Å². The van der Waals surface area contributed by atoms with Gasteiger partial charge in [-0.3, -0.25) is 4.79 Å². The standard InChI is InChI=1S/C39H43F4N3O3/c1-3-45(4-2)22-23-46(26-28-9-13-29(14-10-28)30-16-18-32(19-17-30)39(41,42)43)49-38(48)44-25-36-31(15-8-27-11-20-33(40)21-12-27)24-37(47)35-7-5-6-34(35)36/h9-14,16-21,24,36H,3-8,15,22-23,25-26H2,1-2H3,(H,44,48). The quantitative estimate of drug-likeness (QED) is 0.137. The normalized spacial score (nSPS) is 16.3. The molecule has 260 valence electrons. The van der Waals surface area contributed by atoms with Gasteiger partial charge in [0.2, 0.25) is 0 Å². The molecule has 0 heterocycles. The summed E-state index contributed by atoms with van der Waals surface area (Å²) in [5, 5.41) is 4.58. The van der Waals surface area contributed by atoms with Crippen LogP contribution in [0.5, 0.6) is 0 Å². The van der Waals surface area contributed by atoms with Crippen molar-refractivity contribution in [1.29, 1.82) is 0 Å². The maximum Gasteiger partial charge on any atom is 0.426 e. The minimum atomic E-state index is -4.39. The zero-order chi connectivity index (χ0) is 35.0. The molecule has 0 fully saturated rings. The molecule has 0 spiro atoms. The molecule has 0 bridgehead atoms. The van der Waals surface area contributed by atoms with Crippen LogP contribution in [0, 0.1) is 11.7 Å². The van der Waals surface area contributed by atoms with Gasteiger partial charge < -0.3 is 15.1 Å². The molecule has 0 radical (unpaired) electrons. The summed E-state index contributed by atoms with van der Waals surface area (Å²) in [6.45, 7) is 7.61. The summed E-state index contributed by atoms with van der Waals surface area (Å²) in [6, 6.07) is 18.9. The molecule has 0 saturated heterocycles. The van der Waals surface area contributed by atoms with Gasteiger partial charge in [-0.15, -0.1) is 5.06 Å². The summed E-state index contributed by atoms with van der Waals surface area (Å²) in [4.78, 5) is 34.3. The maximum absolute atomic E-state index is 13.4. The molecular formula is C39H43F4N3O3. The van der Waals surface area contributed by atoms with E-state index in [1.807, 2.05) is 24.3 Å². The lowest BCUT2D eigenvalue weighted by molar-refractivity contribution is -0.137. The van der Waals surface area contributed by atoms with Gasteiger partial charge in [0, 0.05) is 25.6 Å². The number of alkyl halides is 3. The number of carbonyl (C=O) groups is 2. The van der Waals surface area contributed by atoms with Crippen molar-refractivity contribution in [3.8, 4) is 11.1 Å². The number of halogens is 4. The topological polar surface area (TPSA) is 61.9 Å². The van der Waals surface area contributed by atoms with Gasteiger partial charge in [-0.05, 0) is 103 Å². The van der Waals surface area contributed by atoms with Crippen molar-refractivity contribution >= 4 is 11.9 Å². The van der Waals surface area contributed by atoms with Crippen molar-refractivity contribution in [3.63, 3.8) is 0 Å². The monoisotopic (exact) mass is 677 g/mol. The first-order chi connectivity index (χ1) is 23.5. The summed E-state index contributed by atoms with van der Waals surface area (Å²) < 4.78 is 52.4. The zero-order valence-electron chi connectivity index (χ0n) is 28.0. The first-order valence-electron chi connectivity index (χ1n) is 16.9. The third kappa shape index (κ3) is 9.67. The number of carbonyl (C=O) groups excluding carboxylic acids is 2. The van der Waals surface area contributed by atoms with E-state index in [-0.39, 0.29) is 17.5 Å². The van der Waals surface area contributed by atoms with E-state index in [1.54, 1.807) is 23.3 Å². The molecule has 0 aliphatic heterocycles. The second-order valence-electron chi connectivity index (χ2n) is 12.5. The molecule has 3 aromatic rings. The molecule has 1 atom stereocenters. The van der Waals surface area contributed by atoms with Gasteiger partial charge in [-0.1, -0.05) is 73.5 Å². The number of rotatable bonds is 14. The van der Waals surface area contributed by atoms with E-state index in [4.69, 9.17) is 4.84 Å². The highest BCUT2D eigenvalue weighted by Gasteiger charge is 2.33. The Morgan fingerprint density at radius 2 is 1.49 bits per heavy atom. The second-order valence-corrected chi connectivity index (χ2v) is 12.5. The summed E-state index contributed by atoms with van der Waals surface area (Å²) in [5.74, 6) is -0.351. The van der Waals surface area contributed by atoms with Crippen molar-refractivity contribution in [2.45, 2.75) is 58.7 Å². The molecule has 1 N–H and O–H groups in total. The second kappa shape index (κ2) is 16.4. The molecule has 1 unspecified atom stereocenters. The van der Waals surface area contributed by atoms with Crippen LogP contribution >= 0.6 is 0 Å². The Hall–Kier alpha value is -4.28. The largest absolute Gasteiger partial charge is 0.426 e. The van der Waals surface area contributed by atoms with E-state index in [0.29, 0.717) is 44.6 Å². The number of aryl methyl sites for hydroxylation is 1. The third-order valence-corrected chi connectivity index (χ3v) is 9.44. The highest BCUT2D eigenvalue weighted by atomic mass is 19.4. The van der Waals surface area contributed by atoms with E-state index in [2.05, 4.69) is 24.1 Å². The number of nitrogens with zero attached hydrogens (tertiary/aromatic N) is 2. The Kier molecular flexibility index (Phi) is 12.1. The number of amides is 1. The van der Waals surface area contributed by atoms with Crippen LogP contribution in [0.2, 0.25) is 0 Å². The summed E-state index contributed by atoms with van der Waals surface area (Å²) in [5.41, 5.74) is 5.51. The van der Waals surface area contributed by atoms with E-state index in [0.717, 1.165) is 77.9 Å². The van der Waals surface area contributed by atoms with E-state index >= 15 is 0 Å². The van der Waals surface area contributed by atoms with Crippen LogP contribution < -0.4 is 5.32 Å². The minimum absolute atomic E-state index is 0.0485. The first-order valence-corrected chi connectivity index (χ1v) is 16.9. The SMILES string of the molecule is CCN(CC)CCN(Cc1ccc(-c2ccc(C(F)(F)F)cc2)cc1)OC(=O)NCC1C(CCc2ccc(F)cc2)=CC(=O)C2=C1CCC2. The number of allylic oxidation sites excluding steroid dienone is 2. The van der Waals surface area contributed by atoms with Crippen LogP contribution in [0.4, 0.5) is 22.4 Å². The van der Waals surface area contributed by atoms with Gasteiger partial charge >= 0.3 is 12.3 Å². The number of hydrogen-bond acceptors (Lipinski definition) is 5. The predicted octanol–water partition coefficient (Wildman–Crippen LogP) is 8.54. The Labute approximate surface area is 285 Å². The Bertz CT molecular complexity index is 1640. The Morgan fingerprint density at radius 3 is 2.12 bits per heavy atom. The fourth-order valence-electron chi connectivity index (χ4n) is 6.60. The zero-order valence-corrected chi connectivity index (χ0v) is 28.0. The molecule has 2 aliphatic carbocycles. The van der Waals surface area contributed by atoms with Crippen molar-refractivity contribution in [2.75, 3.05) is 32.7 Å². The highest BCUT2D eigenvalue weighted by Crippen LogP contribution is 2.40. The summed E-state index contributed by atoms with van der Waals surface area (Å²) in [7, 11) is 0. The molecular weight excluding hydrogens is 634 g/mol. The predicted molar refractivity (Wildman–Crippen MR) is 182 cm³/mol. The van der Waals surface area contributed by atoms with Crippen LogP contribution in [0.25, 0.3) is 11.1 Å². The van der Waals surface area contributed by atoms with Gasteiger partial charge in [0.15, 0.2) is 5.78 Å². The fraction of sp³-hybridized carbons (Fsp3) is 0.385. The van der Waals surface area contributed by atoms with E-state index in [9.17, 15) is 27.2 Å². The van der Waals surface area contributed by atoms with Gasteiger partial charge in [-0.2, -0.15) is 13.2 Å². The van der Waals surface area contributed by atoms with Crippen LogP contribution in [0.3, 0.4) is 0 Å². The van der Waals surface area contributed by atoms with Gasteiger partial charge in [-0.25, -0.2) is 9.18 Å². The fourth-order valence-corrected chi connectivity index (χ4v) is 6.60. The third-order valence-electron chi connectivity index (χ3n) is 9.44. The molecule has 49 heavy (non-hydrogen) atoms. The first kappa shape index (κ1) is 36.0. The lowest BCUT2D eigenvalue weighted by atomic mass is 9.80. The number of hydrogen-bond donors (Lipinski definition) is 1. The van der Waals surface area contributed by atoms with Crippen LogP contribution in [-0.2, 0) is 28.8 Å². The average Bonchev–Trinajstić information content (AvgIpc) is 3.59. The maximum atomic E-state index is 13.4. The van der Waals surface area contributed by atoms with Gasteiger partial charge in [0.1, 0.15) is 5.82 Å². The number of hydroxylamine groups is 2. The Balaban J connectivity index is 1.24.